The number of ether oxygens (including phenoxy) is 1. The Hall–Kier alpha value is -1.68. The third-order valence-electron chi connectivity index (χ3n) is 2.68. The monoisotopic (exact) mass is 322 g/mol. The highest BCUT2D eigenvalue weighted by atomic mass is 79.9. The summed E-state index contributed by atoms with van der Waals surface area (Å²) in [7, 11) is 0. The highest BCUT2D eigenvalue weighted by Crippen LogP contribution is 2.31. The summed E-state index contributed by atoms with van der Waals surface area (Å²) in [5, 5.41) is 0. The number of benzene rings is 2. The lowest BCUT2D eigenvalue weighted by Gasteiger charge is -2.12. The fraction of sp³-hybridized carbons (Fsp3) is 0.133. The molecule has 0 saturated carbocycles. The zero-order chi connectivity index (χ0) is 14.0. The number of carbonyl (C=O) groups excluding carboxylic acids is 1. The SMILES string of the molecule is CC(=O)c1ccc(Br)cc1Oc1ccc(F)cc1C. The molecule has 0 aliphatic heterocycles. The molecule has 0 aliphatic carbocycles. The third kappa shape index (κ3) is 3.20. The van der Waals surface area contributed by atoms with Crippen LogP contribution in [-0.4, -0.2) is 5.78 Å². The molecule has 0 amide bonds. The lowest BCUT2D eigenvalue weighted by atomic mass is 10.1. The van der Waals surface area contributed by atoms with E-state index in [1.54, 1.807) is 31.2 Å². The molecule has 0 spiro atoms. The van der Waals surface area contributed by atoms with Crippen LogP contribution in [-0.2, 0) is 0 Å². The lowest BCUT2D eigenvalue weighted by Crippen LogP contribution is -1.98. The number of hydrogen-bond donors (Lipinski definition) is 0. The highest BCUT2D eigenvalue weighted by Gasteiger charge is 2.11. The van der Waals surface area contributed by atoms with E-state index in [0.717, 1.165) is 4.47 Å². The van der Waals surface area contributed by atoms with E-state index in [2.05, 4.69) is 15.9 Å². The van der Waals surface area contributed by atoms with Crippen molar-refractivity contribution < 1.29 is 13.9 Å². The number of halogens is 2. The topological polar surface area (TPSA) is 26.3 Å². The van der Waals surface area contributed by atoms with E-state index in [0.29, 0.717) is 22.6 Å². The molecular weight excluding hydrogens is 311 g/mol. The fourth-order valence-corrected chi connectivity index (χ4v) is 2.06. The van der Waals surface area contributed by atoms with Gasteiger partial charge in [0.2, 0.25) is 0 Å². The van der Waals surface area contributed by atoms with Gasteiger partial charge in [0.15, 0.2) is 5.78 Å². The fourth-order valence-electron chi connectivity index (χ4n) is 1.72. The number of ketones is 1. The van der Waals surface area contributed by atoms with Gasteiger partial charge in [-0.15, -0.1) is 0 Å². The van der Waals surface area contributed by atoms with Crippen molar-refractivity contribution >= 4 is 21.7 Å². The van der Waals surface area contributed by atoms with Gasteiger partial charge in [-0.25, -0.2) is 4.39 Å². The maximum Gasteiger partial charge on any atom is 0.163 e. The summed E-state index contributed by atoms with van der Waals surface area (Å²) < 4.78 is 19.6. The molecule has 0 radical (unpaired) electrons. The number of rotatable bonds is 3. The van der Waals surface area contributed by atoms with Crippen LogP contribution in [0.1, 0.15) is 22.8 Å². The van der Waals surface area contributed by atoms with E-state index in [1.165, 1.54) is 19.1 Å². The molecule has 19 heavy (non-hydrogen) atoms. The van der Waals surface area contributed by atoms with Gasteiger partial charge in [-0.3, -0.25) is 4.79 Å². The average Bonchev–Trinajstić information content (AvgIpc) is 2.32. The third-order valence-corrected chi connectivity index (χ3v) is 3.17. The van der Waals surface area contributed by atoms with Crippen LogP contribution in [0.4, 0.5) is 4.39 Å². The molecule has 2 rings (SSSR count). The van der Waals surface area contributed by atoms with Gasteiger partial charge in [-0.2, -0.15) is 0 Å². The Labute approximate surface area is 119 Å². The second-order valence-corrected chi connectivity index (χ2v) is 5.12. The van der Waals surface area contributed by atoms with Gasteiger partial charge in [0.1, 0.15) is 17.3 Å². The van der Waals surface area contributed by atoms with Crippen molar-refractivity contribution in [1.29, 1.82) is 0 Å². The molecule has 0 aromatic heterocycles. The lowest BCUT2D eigenvalue weighted by molar-refractivity contribution is 0.101. The van der Waals surface area contributed by atoms with Gasteiger partial charge in [0.05, 0.1) is 5.56 Å². The molecule has 0 saturated heterocycles. The molecule has 0 unspecified atom stereocenters. The van der Waals surface area contributed by atoms with Gasteiger partial charge in [-0.05, 0) is 55.8 Å². The molecule has 0 heterocycles. The Morgan fingerprint density at radius 2 is 1.89 bits per heavy atom. The molecule has 98 valence electrons. The molecule has 0 N–H and O–H groups in total. The van der Waals surface area contributed by atoms with Gasteiger partial charge in [-0.1, -0.05) is 15.9 Å². The summed E-state index contributed by atoms with van der Waals surface area (Å²) >= 11 is 3.34. The van der Waals surface area contributed by atoms with Gasteiger partial charge >= 0.3 is 0 Å². The molecule has 0 atom stereocenters. The van der Waals surface area contributed by atoms with Crippen molar-refractivity contribution in [1.82, 2.24) is 0 Å². The number of aryl methyl sites for hydroxylation is 1. The van der Waals surface area contributed by atoms with Gasteiger partial charge in [0.25, 0.3) is 0 Å². The standard InChI is InChI=1S/C15H12BrFO2/c1-9-7-12(17)4-6-14(9)19-15-8-11(16)3-5-13(15)10(2)18/h3-8H,1-2H3. The van der Waals surface area contributed by atoms with E-state index >= 15 is 0 Å². The van der Waals surface area contributed by atoms with Gasteiger partial charge in [0, 0.05) is 4.47 Å². The second kappa shape index (κ2) is 5.53. The first kappa shape index (κ1) is 13.7. The van der Waals surface area contributed by atoms with Crippen LogP contribution in [0.2, 0.25) is 0 Å². The number of Topliss-reactive ketones (excluding diaryl/α,β-unsaturated/α-hetero) is 1. The second-order valence-electron chi connectivity index (χ2n) is 4.21. The Balaban J connectivity index is 2.42. The predicted molar refractivity (Wildman–Crippen MR) is 75.4 cm³/mol. The van der Waals surface area contributed by atoms with Crippen LogP contribution in [0.15, 0.2) is 40.9 Å². The van der Waals surface area contributed by atoms with E-state index in [9.17, 15) is 9.18 Å². The van der Waals surface area contributed by atoms with Crippen molar-refractivity contribution in [2.45, 2.75) is 13.8 Å². The van der Waals surface area contributed by atoms with Crippen LogP contribution in [0.5, 0.6) is 11.5 Å². The summed E-state index contributed by atoms with van der Waals surface area (Å²) in [6, 6.07) is 9.46. The summed E-state index contributed by atoms with van der Waals surface area (Å²) in [6.07, 6.45) is 0. The Morgan fingerprint density at radius 3 is 2.53 bits per heavy atom. The quantitative estimate of drug-likeness (QED) is 0.752. The Bertz CT molecular complexity index is 638. The minimum atomic E-state index is -0.314. The maximum absolute atomic E-state index is 13.0. The number of hydrogen-bond acceptors (Lipinski definition) is 2. The molecule has 2 aromatic rings. The molecule has 0 fully saturated rings. The smallest absolute Gasteiger partial charge is 0.163 e. The van der Waals surface area contributed by atoms with Crippen LogP contribution in [0.25, 0.3) is 0 Å². The zero-order valence-electron chi connectivity index (χ0n) is 10.5. The Morgan fingerprint density at radius 1 is 1.16 bits per heavy atom. The summed E-state index contributed by atoms with van der Waals surface area (Å²) in [4.78, 5) is 11.6. The van der Waals surface area contributed by atoms with E-state index in [4.69, 9.17) is 4.74 Å². The molecule has 2 aromatic carbocycles. The van der Waals surface area contributed by atoms with E-state index in [1.807, 2.05) is 0 Å². The first-order chi connectivity index (χ1) is 8.97. The molecule has 0 aliphatic rings. The molecule has 0 bridgehead atoms. The zero-order valence-corrected chi connectivity index (χ0v) is 12.1. The van der Waals surface area contributed by atoms with Crippen LogP contribution < -0.4 is 4.74 Å². The first-order valence-electron chi connectivity index (χ1n) is 5.72. The number of carbonyl (C=O) groups is 1. The maximum atomic E-state index is 13.0. The Kier molecular flexibility index (Phi) is 4.00. The van der Waals surface area contributed by atoms with Crippen molar-refractivity contribution in [3.8, 4) is 11.5 Å². The predicted octanol–water partition coefficient (Wildman–Crippen LogP) is 4.89. The summed E-state index contributed by atoms with van der Waals surface area (Å²) in [6.45, 7) is 3.23. The van der Waals surface area contributed by atoms with Crippen LogP contribution in [0.3, 0.4) is 0 Å². The van der Waals surface area contributed by atoms with Gasteiger partial charge < -0.3 is 4.74 Å². The van der Waals surface area contributed by atoms with Crippen LogP contribution >= 0.6 is 15.9 Å². The first-order valence-corrected chi connectivity index (χ1v) is 6.51. The largest absolute Gasteiger partial charge is 0.456 e. The molecule has 4 heteroatoms. The minimum Gasteiger partial charge on any atom is -0.456 e. The summed E-state index contributed by atoms with van der Waals surface area (Å²) in [5.41, 5.74) is 1.17. The average molecular weight is 323 g/mol. The van der Waals surface area contributed by atoms with Crippen molar-refractivity contribution in [3.05, 3.63) is 57.8 Å². The molecule has 2 nitrogen and oxygen atoms in total. The van der Waals surface area contributed by atoms with E-state index < -0.39 is 0 Å². The molecular formula is C15H12BrFO2. The highest BCUT2D eigenvalue weighted by molar-refractivity contribution is 9.10. The minimum absolute atomic E-state index is 0.0812. The van der Waals surface area contributed by atoms with Crippen molar-refractivity contribution in [2.75, 3.05) is 0 Å². The summed E-state index contributed by atoms with van der Waals surface area (Å²) in [5.74, 6) is 0.590. The normalized spacial score (nSPS) is 10.3. The van der Waals surface area contributed by atoms with Crippen molar-refractivity contribution in [3.63, 3.8) is 0 Å². The van der Waals surface area contributed by atoms with Crippen molar-refractivity contribution in [2.24, 2.45) is 0 Å². The van der Waals surface area contributed by atoms with E-state index in [-0.39, 0.29) is 11.6 Å². The van der Waals surface area contributed by atoms with Crippen LogP contribution in [0, 0.1) is 12.7 Å².